The third kappa shape index (κ3) is 38.8. The van der Waals surface area contributed by atoms with Crippen molar-refractivity contribution in [3.63, 3.8) is 0 Å². The summed E-state index contributed by atoms with van der Waals surface area (Å²) in [5.41, 5.74) is 18.3. The van der Waals surface area contributed by atoms with Gasteiger partial charge in [0.2, 0.25) is 0 Å². The molecule has 0 radical (unpaired) electrons. The highest BCUT2D eigenvalue weighted by Crippen LogP contribution is 2.34. The van der Waals surface area contributed by atoms with E-state index in [4.69, 9.17) is 8.94 Å². The summed E-state index contributed by atoms with van der Waals surface area (Å²) in [7, 11) is 2.02. The van der Waals surface area contributed by atoms with Crippen LogP contribution in [0.25, 0.3) is 12.2 Å². The van der Waals surface area contributed by atoms with E-state index in [-0.39, 0.29) is 59.6 Å². The number of aliphatic imine (C=N–C) groups is 3. The van der Waals surface area contributed by atoms with E-state index < -0.39 is 0 Å². The van der Waals surface area contributed by atoms with Crippen LogP contribution in [0.5, 0.6) is 0 Å². The number of aromatic amines is 1. The number of oxazole rings is 1. The molecule has 0 saturated carbocycles. The lowest BCUT2D eigenvalue weighted by atomic mass is 9.84. The van der Waals surface area contributed by atoms with E-state index in [1.165, 1.54) is 49.2 Å². The molecule has 116 heavy (non-hydrogen) atoms. The van der Waals surface area contributed by atoms with Crippen molar-refractivity contribution in [1.82, 2.24) is 48.6 Å². The molecule has 3 aliphatic rings. The molecule has 0 bridgehead atoms. The largest absolute Gasteiger partial charge is 0.445 e. The molecule has 11 heterocycles. The van der Waals surface area contributed by atoms with Gasteiger partial charge in [0.05, 0.1) is 69.2 Å². The van der Waals surface area contributed by atoms with Crippen LogP contribution < -0.4 is 0 Å². The van der Waals surface area contributed by atoms with Crippen molar-refractivity contribution in [3.8, 4) is 0 Å². The van der Waals surface area contributed by atoms with Gasteiger partial charge >= 0.3 is 0 Å². The summed E-state index contributed by atoms with van der Waals surface area (Å²) in [6.07, 6.45) is 22.2. The molecule has 0 unspecified atom stereocenters. The zero-order valence-corrected chi connectivity index (χ0v) is 83.0. The van der Waals surface area contributed by atoms with Crippen molar-refractivity contribution in [2.45, 2.75) is 320 Å². The Morgan fingerprint density at radius 3 is 1.22 bits per heavy atom. The lowest BCUT2D eigenvalue weighted by molar-refractivity contribution is 0.327. The van der Waals surface area contributed by atoms with Gasteiger partial charge in [0, 0.05) is 115 Å². The molecule has 3 aliphatic heterocycles. The number of hydrogen-bond donors (Lipinski definition) is 1. The number of thiazole rings is 2. The molecule has 11 rings (SSSR count). The predicted molar refractivity (Wildman–Crippen MR) is 511 cm³/mol. The average Bonchev–Trinajstić information content (AvgIpc) is 1.43. The van der Waals surface area contributed by atoms with Crippen LogP contribution in [0.4, 0.5) is 0 Å². The first-order chi connectivity index (χ1) is 52.7. The molecule has 0 fully saturated rings. The molecule has 15 nitrogen and oxygen atoms in total. The van der Waals surface area contributed by atoms with Crippen LogP contribution in [0.3, 0.4) is 0 Å². The molecular weight excluding hydrogens is 1510 g/mol. The fourth-order valence-corrected chi connectivity index (χ4v) is 13.7. The Bertz CT molecular complexity index is 4190. The second-order valence-corrected chi connectivity index (χ2v) is 44.1. The first-order valence-corrected chi connectivity index (χ1v) is 43.5. The quantitative estimate of drug-likeness (QED) is 0.174. The maximum absolute atomic E-state index is 5.34. The molecule has 0 spiro atoms. The van der Waals surface area contributed by atoms with Gasteiger partial charge in [-0.1, -0.05) is 285 Å². The number of nitrogens with one attached hydrogen (secondary N) is 1. The number of hydrogen-bond acceptors (Lipinski definition) is 17. The van der Waals surface area contributed by atoms with E-state index in [1.807, 2.05) is 84.4 Å². The van der Waals surface area contributed by atoms with Gasteiger partial charge in [0.1, 0.15) is 17.3 Å². The molecule has 642 valence electrons. The molecule has 0 atom stereocenters. The number of H-pyrrole nitrogens is 1. The normalized spacial score (nSPS) is 13.6. The number of nitrogens with zero attached hydrogens (tertiary/aromatic N) is 12. The fraction of sp³-hybridized carbons (Fsp3) is 0.557. The SMILES string of the molecule is C=CC1=NC(C(C)(C)C)=CC1.C=CC1=NCC=C1C(C)(C)C.C=CC1=NCC=C1C(C)(C)C.C=Cc1cc(C(C)(C)C)[nH]n1.C=Cc1ncc(C(C)(C)C)n1C.Cc1cc(C(C)(C)C)on1.Cc1cc(C(C)(C)C)sn1.Cc1nc(C(C)(C)C)cs1.Cc1ncc(C(C)(C)C)o1.Cc1ncc(C(C)(C)C)s1.Cc1nscc1C(C)(C)C. The molecule has 0 saturated heterocycles. The number of aryl methyl sites for hydroxylation is 6. The minimum Gasteiger partial charge on any atom is -0.445 e. The highest BCUT2D eigenvalue weighted by atomic mass is 32.1. The van der Waals surface area contributed by atoms with Crippen LogP contribution in [-0.2, 0) is 50.4 Å². The van der Waals surface area contributed by atoms with E-state index in [0.29, 0.717) is 0 Å². The van der Waals surface area contributed by atoms with E-state index in [0.717, 1.165) is 92.7 Å². The number of rotatable bonds is 5. The molecule has 0 aromatic carbocycles. The maximum atomic E-state index is 5.34. The van der Waals surface area contributed by atoms with Crippen molar-refractivity contribution >= 4 is 75.0 Å². The topological polar surface area (TPSA) is 187 Å². The second-order valence-electron chi connectivity index (χ2n) is 40.3. The Hall–Kier alpha value is -7.71. The molecule has 1 N–H and O–H groups in total. The third-order valence-electron chi connectivity index (χ3n) is 17.4. The second kappa shape index (κ2) is 44.9. The van der Waals surface area contributed by atoms with Gasteiger partial charge in [-0.25, -0.2) is 19.9 Å². The number of aromatic nitrogens is 10. The van der Waals surface area contributed by atoms with Crippen LogP contribution in [0, 0.1) is 57.8 Å². The summed E-state index contributed by atoms with van der Waals surface area (Å²) >= 11 is 6.65. The van der Waals surface area contributed by atoms with Crippen LogP contribution >= 0.6 is 45.7 Å². The van der Waals surface area contributed by atoms with Gasteiger partial charge < -0.3 is 13.5 Å². The van der Waals surface area contributed by atoms with Gasteiger partial charge in [0.15, 0.2) is 5.89 Å². The Labute approximate surface area is 720 Å². The third-order valence-corrected chi connectivity index (χ3v) is 21.6. The van der Waals surface area contributed by atoms with E-state index in [9.17, 15) is 0 Å². The molecule has 0 amide bonds. The van der Waals surface area contributed by atoms with Crippen molar-refractivity contribution in [1.29, 1.82) is 0 Å². The Kier molecular flexibility index (Phi) is 41.2. The molecule has 8 aromatic heterocycles. The van der Waals surface area contributed by atoms with Gasteiger partial charge in [-0.2, -0.15) is 13.8 Å². The lowest BCUT2D eigenvalue weighted by Crippen LogP contribution is -2.16. The van der Waals surface area contributed by atoms with Crippen LogP contribution in [0.1, 0.15) is 323 Å². The van der Waals surface area contributed by atoms with Gasteiger partial charge in [0.25, 0.3) is 0 Å². The molecule has 19 heteroatoms. The summed E-state index contributed by atoms with van der Waals surface area (Å²) in [5, 5.41) is 17.4. The predicted octanol–water partition coefficient (Wildman–Crippen LogP) is 28.4. The van der Waals surface area contributed by atoms with Crippen LogP contribution in [-0.4, -0.2) is 78.8 Å². The van der Waals surface area contributed by atoms with Crippen LogP contribution in [0.2, 0.25) is 0 Å². The van der Waals surface area contributed by atoms with Crippen molar-refractivity contribution in [2.75, 3.05) is 13.1 Å². The average molecular weight is 1660 g/mol. The zero-order valence-electron chi connectivity index (χ0n) is 79.7. The van der Waals surface area contributed by atoms with Crippen molar-refractivity contribution in [2.24, 2.45) is 38.3 Å². The van der Waals surface area contributed by atoms with Gasteiger partial charge in [-0.3, -0.25) is 20.1 Å². The standard InChI is InChI=1S/C10H16N2.3C10H15N.C9H14N2.2C8H13NO.4C8H13NS/c1-6-9-11-7-8(12(9)5)10(2,3)4;2*1-5-9-8(6-7-11-9)10(2,3)4;1-5-8-6-7-9(11-8)10(2,3)4;1-5-7-6-8(11-10-7)9(2,3)4;1-6-9-5-7(10-6)8(2,3)4;1-6-5-7(10-9-6)8(2,3)4;1-6-9-7(5-10-6)8(2,3)4;1-6-9-5-7(10-6)8(2,3)4;1-6-7(5-10-9-6)8(2,3)4;1-6-5-7(10-9-6)8(2,3)4/h6-7H,1H2,2-5H3;2*5-6H,1,7H2,2-4H3;5,7H,1,6H2,2-4H3;5-6H,1H2,2-4H3,(H,10,11);6*5H,1-4H3. The number of imidazole rings is 1. The fourth-order valence-electron chi connectivity index (χ4n) is 10.3. The Balaban J connectivity index is 0.000000638. The number of allylic oxidation sites excluding steroid dienone is 7. The first kappa shape index (κ1) is 106. The van der Waals surface area contributed by atoms with Crippen LogP contribution in [0.15, 0.2) is 158 Å². The minimum atomic E-state index is 0.0846. The Morgan fingerprint density at radius 1 is 0.474 bits per heavy atom. The minimum absolute atomic E-state index is 0.0846. The monoisotopic (exact) mass is 1660 g/mol. The smallest absolute Gasteiger partial charge is 0.191 e. The van der Waals surface area contributed by atoms with E-state index >= 15 is 0 Å². The molecular formula is C97H153N13O2S4. The maximum Gasteiger partial charge on any atom is 0.191 e. The van der Waals surface area contributed by atoms with Gasteiger partial charge in [-0.05, 0) is 144 Å². The van der Waals surface area contributed by atoms with Crippen molar-refractivity contribution < 1.29 is 8.94 Å². The van der Waals surface area contributed by atoms with Crippen molar-refractivity contribution in [3.05, 3.63) is 222 Å². The molecule has 8 aromatic rings. The van der Waals surface area contributed by atoms with E-state index in [2.05, 4.69) is 367 Å². The highest BCUT2D eigenvalue weighted by molar-refractivity contribution is 7.11. The zero-order chi connectivity index (χ0) is 89.9. The summed E-state index contributed by atoms with van der Waals surface area (Å²) in [5.74, 6) is 3.57. The van der Waals surface area contributed by atoms with E-state index in [1.54, 1.807) is 64.1 Å². The summed E-state index contributed by atoms with van der Waals surface area (Å²) in [4.78, 5) is 32.6. The Morgan fingerprint density at radius 2 is 1.01 bits per heavy atom. The highest BCUT2D eigenvalue weighted by Gasteiger charge is 2.27. The summed E-state index contributed by atoms with van der Waals surface area (Å²) in [6, 6.07) is 6.15. The first-order valence-electron chi connectivity index (χ1n) is 40.2. The summed E-state index contributed by atoms with van der Waals surface area (Å²) in [6.45, 7) is 104. The lowest BCUT2D eigenvalue weighted by Gasteiger charge is -2.20. The molecule has 0 aliphatic carbocycles. The van der Waals surface area contributed by atoms with Gasteiger partial charge in [-0.15, -0.1) is 22.7 Å². The summed E-state index contributed by atoms with van der Waals surface area (Å²) < 4.78 is 20.9.